The van der Waals surface area contributed by atoms with Gasteiger partial charge in [-0.05, 0) is 28.9 Å². The van der Waals surface area contributed by atoms with Crippen LogP contribution in [0.5, 0.6) is 0 Å². The minimum Gasteiger partial charge on any atom is -0.313 e. The van der Waals surface area contributed by atoms with Gasteiger partial charge in [-0.1, -0.05) is 0 Å². The fraction of sp³-hybridized carbons (Fsp3) is 0.222. The van der Waals surface area contributed by atoms with E-state index in [2.05, 4.69) is 32.0 Å². The summed E-state index contributed by atoms with van der Waals surface area (Å²) in [4.78, 5) is 8.41. The monoisotopic (exact) mass is 250 g/mol. The van der Waals surface area contributed by atoms with Crippen LogP contribution in [0.4, 0.5) is 0 Å². The fourth-order valence-corrected chi connectivity index (χ4v) is 1.68. The van der Waals surface area contributed by atoms with Crippen LogP contribution in [0.25, 0.3) is 11.2 Å². The number of fused-ring (bicyclic) bond motifs is 1. The molecule has 0 unspecified atom stereocenters. The lowest BCUT2D eigenvalue weighted by molar-refractivity contribution is 0.815. The van der Waals surface area contributed by atoms with Gasteiger partial charge < -0.3 is 4.57 Å². The third-order valence-corrected chi connectivity index (χ3v) is 2.43. The summed E-state index contributed by atoms with van der Waals surface area (Å²) in [5.41, 5.74) is 1.57. The van der Waals surface area contributed by atoms with Crippen molar-refractivity contribution in [2.45, 2.75) is 13.5 Å². The molecule has 0 amide bonds. The lowest BCUT2D eigenvalue weighted by Crippen LogP contribution is -1.97. The number of nitriles is 1. The zero-order chi connectivity index (χ0) is 10.1. The number of nitrogens with zero attached hydrogens (tertiary/aromatic N) is 4. The highest BCUT2D eigenvalue weighted by atomic mass is 79.9. The second kappa shape index (κ2) is 3.39. The molecule has 2 aromatic rings. The molecule has 2 aromatic heterocycles. The van der Waals surface area contributed by atoms with Crippen LogP contribution in [-0.2, 0) is 6.54 Å². The molecule has 2 heterocycles. The maximum Gasteiger partial charge on any atom is 0.177 e. The number of halogens is 1. The van der Waals surface area contributed by atoms with Crippen molar-refractivity contribution >= 4 is 27.1 Å². The molecule has 0 bridgehead atoms. The molecule has 0 aliphatic carbocycles. The maximum atomic E-state index is 8.66. The van der Waals surface area contributed by atoms with Gasteiger partial charge in [0.25, 0.3) is 0 Å². The van der Waals surface area contributed by atoms with E-state index in [4.69, 9.17) is 5.26 Å². The summed E-state index contributed by atoms with van der Waals surface area (Å²) in [5, 5.41) is 8.66. The van der Waals surface area contributed by atoms with E-state index in [-0.39, 0.29) is 0 Å². The highest BCUT2D eigenvalue weighted by Gasteiger charge is 2.07. The van der Waals surface area contributed by atoms with Crippen molar-refractivity contribution in [3.63, 3.8) is 0 Å². The van der Waals surface area contributed by atoms with Crippen molar-refractivity contribution in [3.05, 3.63) is 22.6 Å². The van der Waals surface area contributed by atoms with Gasteiger partial charge in [0, 0.05) is 10.7 Å². The van der Waals surface area contributed by atoms with E-state index >= 15 is 0 Å². The van der Waals surface area contributed by atoms with E-state index in [1.54, 1.807) is 6.20 Å². The van der Waals surface area contributed by atoms with Crippen molar-refractivity contribution in [2.75, 3.05) is 0 Å². The van der Waals surface area contributed by atoms with Crippen molar-refractivity contribution in [1.29, 1.82) is 5.26 Å². The Balaban J connectivity index is 2.74. The Kier molecular flexibility index (Phi) is 2.22. The Morgan fingerprint density at radius 1 is 1.64 bits per heavy atom. The second-order valence-corrected chi connectivity index (χ2v) is 3.82. The summed E-state index contributed by atoms with van der Waals surface area (Å²) in [5.74, 6) is 0.812. The molecule has 0 radical (unpaired) electrons. The van der Waals surface area contributed by atoms with Crippen LogP contribution in [0.1, 0.15) is 5.82 Å². The molecule has 4 nitrogen and oxygen atoms in total. The molecule has 0 aliphatic heterocycles. The molecule has 0 atom stereocenters. The standard InChI is InChI=1S/C9H7BrN4/c1-6-13-9-8(14(6)3-2-11)4-7(10)5-12-9/h4-5H,3H2,1H3. The molecule has 0 aliphatic rings. The van der Waals surface area contributed by atoms with Gasteiger partial charge in [0.15, 0.2) is 5.65 Å². The van der Waals surface area contributed by atoms with E-state index in [1.165, 1.54) is 0 Å². The molecule has 5 heteroatoms. The smallest absolute Gasteiger partial charge is 0.177 e. The van der Waals surface area contributed by atoms with Crippen molar-refractivity contribution < 1.29 is 0 Å². The summed E-state index contributed by atoms with van der Waals surface area (Å²) >= 11 is 3.34. The first-order valence-electron chi connectivity index (χ1n) is 4.07. The molecule has 0 fully saturated rings. The third-order valence-electron chi connectivity index (χ3n) is 1.99. The number of hydrogen-bond donors (Lipinski definition) is 0. The zero-order valence-electron chi connectivity index (χ0n) is 7.53. The SMILES string of the molecule is Cc1nc2ncc(Br)cc2n1CC#N. The fourth-order valence-electron chi connectivity index (χ4n) is 1.36. The third kappa shape index (κ3) is 1.38. The van der Waals surface area contributed by atoms with Crippen LogP contribution < -0.4 is 0 Å². The first kappa shape index (κ1) is 9.16. The van der Waals surface area contributed by atoms with Crippen LogP contribution in [0, 0.1) is 18.3 Å². The summed E-state index contributed by atoms with van der Waals surface area (Å²) in [6.45, 7) is 2.17. The second-order valence-electron chi connectivity index (χ2n) is 2.90. The van der Waals surface area contributed by atoms with Gasteiger partial charge in [-0.15, -0.1) is 0 Å². The minimum absolute atomic E-state index is 0.306. The van der Waals surface area contributed by atoms with E-state index < -0.39 is 0 Å². The normalized spacial score (nSPS) is 10.4. The number of aryl methyl sites for hydroxylation is 1. The number of hydrogen-bond acceptors (Lipinski definition) is 3. The number of aromatic nitrogens is 3. The predicted molar refractivity (Wildman–Crippen MR) is 55.6 cm³/mol. The number of pyridine rings is 1. The van der Waals surface area contributed by atoms with Crippen LogP contribution in [-0.4, -0.2) is 14.5 Å². The van der Waals surface area contributed by atoms with Gasteiger partial charge >= 0.3 is 0 Å². The van der Waals surface area contributed by atoms with Crippen molar-refractivity contribution in [3.8, 4) is 6.07 Å². The zero-order valence-corrected chi connectivity index (χ0v) is 9.11. The molecule has 0 saturated heterocycles. The molecule has 0 spiro atoms. The quantitative estimate of drug-likeness (QED) is 0.779. The average molecular weight is 251 g/mol. The van der Waals surface area contributed by atoms with Crippen LogP contribution in [0.15, 0.2) is 16.7 Å². The first-order chi connectivity index (χ1) is 6.72. The lowest BCUT2D eigenvalue weighted by atomic mass is 10.4. The summed E-state index contributed by atoms with van der Waals surface area (Å²) in [6, 6.07) is 4.02. The highest BCUT2D eigenvalue weighted by molar-refractivity contribution is 9.10. The summed E-state index contributed by atoms with van der Waals surface area (Å²) < 4.78 is 2.73. The summed E-state index contributed by atoms with van der Waals surface area (Å²) in [7, 11) is 0. The van der Waals surface area contributed by atoms with E-state index in [1.807, 2.05) is 17.6 Å². The molecule has 2 rings (SSSR count). The summed E-state index contributed by atoms with van der Waals surface area (Å²) in [6.07, 6.45) is 1.70. The highest BCUT2D eigenvalue weighted by Crippen LogP contribution is 2.18. The van der Waals surface area contributed by atoms with Crippen LogP contribution in [0.2, 0.25) is 0 Å². The molecule has 0 N–H and O–H groups in total. The minimum atomic E-state index is 0.306. The van der Waals surface area contributed by atoms with E-state index in [0.29, 0.717) is 12.2 Å². The first-order valence-corrected chi connectivity index (χ1v) is 4.87. The Morgan fingerprint density at radius 2 is 2.43 bits per heavy atom. The Labute approximate surface area is 89.3 Å². The molecular weight excluding hydrogens is 244 g/mol. The van der Waals surface area contributed by atoms with Gasteiger partial charge in [-0.25, -0.2) is 9.97 Å². The number of rotatable bonds is 1. The maximum absolute atomic E-state index is 8.66. The number of imidazole rings is 1. The van der Waals surface area contributed by atoms with Gasteiger partial charge in [-0.2, -0.15) is 5.26 Å². The molecule has 14 heavy (non-hydrogen) atoms. The van der Waals surface area contributed by atoms with E-state index in [0.717, 1.165) is 15.8 Å². The van der Waals surface area contributed by atoms with Crippen molar-refractivity contribution in [1.82, 2.24) is 14.5 Å². The molecule has 0 saturated carbocycles. The molecule has 70 valence electrons. The molecular formula is C9H7BrN4. The van der Waals surface area contributed by atoms with E-state index in [9.17, 15) is 0 Å². The van der Waals surface area contributed by atoms with Gasteiger partial charge in [-0.3, -0.25) is 0 Å². The Hall–Kier alpha value is -1.41. The average Bonchev–Trinajstić information content (AvgIpc) is 2.45. The largest absolute Gasteiger partial charge is 0.313 e. The lowest BCUT2D eigenvalue weighted by Gasteiger charge is -1.99. The Bertz CT molecular complexity index is 523. The van der Waals surface area contributed by atoms with Gasteiger partial charge in [0.1, 0.15) is 12.4 Å². The molecule has 0 aromatic carbocycles. The van der Waals surface area contributed by atoms with Crippen molar-refractivity contribution in [2.24, 2.45) is 0 Å². The Morgan fingerprint density at radius 3 is 3.14 bits per heavy atom. The van der Waals surface area contributed by atoms with Gasteiger partial charge in [0.05, 0.1) is 11.6 Å². The van der Waals surface area contributed by atoms with Crippen LogP contribution >= 0.6 is 15.9 Å². The van der Waals surface area contributed by atoms with Gasteiger partial charge in [0.2, 0.25) is 0 Å². The van der Waals surface area contributed by atoms with Crippen LogP contribution in [0.3, 0.4) is 0 Å². The topological polar surface area (TPSA) is 54.5 Å². The predicted octanol–water partition coefficient (Wildman–Crippen LogP) is 2.03.